The van der Waals surface area contributed by atoms with E-state index in [-0.39, 0.29) is 11.3 Å². The van der Waals surface area contributed by atoms with Crippen molar-refractivity contribution in [3.63, 3.8) is 0 Å². The van der Waals surface area contributed by atoms with Crippen LogP contribution in [-0.2, 0) is 16.6 Å². The first-order valence-corrected chi connectivity index (χ1v) is 7.03. The molecule has 0 aliphatic heterocycles. The molecule has 112 valence electrons. The highest BCUT2D eigenvalue weighted by Gasteiger charge is 2.19. The molecule has 1 amide bonds. The van der Waals surface area contributed by atoms with Gasteiger partial charge >= 0.3 is 0 Å². The first-order valence-electron chi connectivity index (χ1n) is 7.03. The molecule has 2 aromatic heterocycles. The summed E-state index contributed by atoms with van der Waals surface area (Å²) in [4.78, 5) is 20.3. The van der Waals surface area contributed by atoms with Gasteiger partial charge in [0.1, 0.15) is 11.6 Å². The van der Waals surface area contributed by atoms with Crippen molar-refractivity contribution >= 4 is 11.7 Å². The second-order valence-electron chi connectivity index (χ2n) is 6.08. The Kier molecular flexibility index (Phi) is 4.40. The predicted molar refractivity (Wildman–Crippen MR) is 81.1 cm³/mol. The fourth-order valence-corrected chi connectivity index (χ4v) is 1.81. The Morgan fingerprint density at radius 3 is 2.71 bits per heavy atom. The maximum absolute atomic E-state index is 11.9. The third kappa shape index (κ3) is 4.41. The average Bonchev–Trinajstić information content (AvgIpc) is 2.85. The lowest BCUT2D eigenvalue weighted by Crippen LogP contribution is -2.13. The van der Waals surface area contributed by atoms with Gasteiger partial charge in [-0.25, -0.2) is 9.97 Å². The van der Waals surface area contributed by atoms with Crippen LogP contribution in [0.1, 0.15) is 44.5 Å². The van der Waals surface area contributed by atoms with Crippen LogP contribution in [0.5, 0.6) is 0 Å². The number of oxazole rings is 1. The molecule has 2 rings (SSSR count). The van der Waals surface area contributed by atoms with Gasteiger partial charge in [-0.3, -0.25) is 4.79 Å². The lowest BCUT2D eigenvalue weighted by Gasteiger charge is -2.13. The smallest absolute Gasteiger partial charge is 0.226 e. The van der Waals surface area contributed by atoms with Crippen molar-refractivity contribution in [3.8, 4) is 0 Å². The number of rotatable bonds is 4. The number of carbonyl (C=O) groups excluding carboxylic acids is 1. The van der Waals surface area contributed by atoms with Crippen molar-refractivity contribution in [1.29, 1.82) is 0 Å². The number of aryl methyl sites for hydroxylation is 2. The van der Waals surface area contributed by atoms with Crippen LogP contribution < -0.4 is 5.32 Å². The summed E-state index contributed by atoms with van der Waals surface area (Å²) in [5.41, 5.74) is 0.800. The van der Waals surface area contributed by atoms with Gasteiger partial charge in [0.05, 0.1) is 6.20 Å². The van der Waals surface area contributed by atoms with Crippen molar-refractivity contribution in [3.05, 3.63) is 41.7 Å². The fourth-order valence-electron chi connectivity index (χ4n) is 1.81. The van der Waals surface area contributed by atoms with Crippen molar-refractivity contribution < 1.29 is 9.21 Å². The Morgan fingerprint density at radius 2 is 2.10 bits per heavy atom. The van der Waals surface area contributed by atoms with Crippen LogP contribution in [-0.4, -0.2) is 15.9 Å². The lowest BCUT2D eigenvalue weighted by molar-refractivity contribution is -0.116. The molecule has 0 unspecified atom stereocenters. The van der Waals surface area contributed by atoms with Crippen LogP contribution in [0.25, 0.3) is 0 Å². The van der Waals surface area contributed by atoms with Crippen LogP contribution in [0.4, 0.5) is 5.82 Å². The van der Waals surface area contributed by atoms with Gasteiger partial charge in [0, 0.05) is 24.0 Å². The zero-order valence-electron chi connectivity index (χ0n) is 12.9. The predicted octanol–water partition coefficient (Wildman–Crippen LogP) is 3.25. The summed E-state index contributed by atoms with van der Waals surface area (Å²) in [6.45, 7) is 8.07. The van der Waals surface area contributed by atoms with Gasteiger partial charge in [-0.15, -0.1) is 0 Å². The molecule has 0 spiro atoms. The SMILES string of the molecule is Cc1cccc(NC(=O)CCc2ncc(C(C)(C)C)o2)n1. The Morgan fingerprint density at radius 1 is 1.33 bits per heavy atom. The Balaban J connectivity index is 1.88. The van der Waals surface area contributed by atoms with Gasteiger partial charge in [-0.2, -0.15) is 0 Å². The van der Waals surface area contributed by atoms with E-state index in [1.54, 1.807) is 12.3 Å². The second-order valence-corrected chi connectivity index (χ2v) is 6.08. The molecule has 5 heteroatoms. The number of anilines is 1. The van der Waals surface area contributed by atoms with Crippen molar-refractivity contribution in [2.75, 3.05) is 5.32 Å². The molecule has 0 saturated carbocycles. The number of aromatic nitrogens is 2. The number of nitrogens with zero attached hydrogens (tertiary/aromatic N) is 2. The van der Waals surface area contributed by atoms with Crippen LogP contribution in [0.15, 0.2) is 28.8 Å². The van der Waals surface area contributed by atoms with Gasteiger partial charge in [0.15, 0.2) is 5.89 Å². The maximum atomic E-state index is 11.9. The normalized spacial score (nSPS) is 11.4. The number of hydrogen-bond donors (Lipinski definition) is 1. The minimum absolute atomic E-state index is 0.0704. The highest BCUT2D eigenvalue weighted by atomic mass is 16.4. The molecule has 0 saturated heterocycles. The number of pyridine rings is 1. The van der Waals surface area contributed by atoms with E-state index in [1.165, 1.54) is 0 Å². The molecule has 2 heterocycles. The summed E-state index contributed by atoms with van der Waals surface area (Å²) in [5, 5.41) is 2.77. The molecule has 0 atom stereocenters. The summed E-state index contributed by atoms with van der Waals surface area (Å²) in [6.07, 6.45) is 2.53. The molecule has 5 nitrogen and oxygen atoms in total. The van der Waals surface area contributed by atoms with Crippen LogP contribution in [0.2, 0.25) is 0 Å². The first-order chi connectivity index (χ1) is 9.84. The van der Waals surface area contributed by atoms with Crippen molar-refractivity contribution in [1.82, 2.24) is 9.97 Å². The molecule has 21 heavy (non-hydrogen) atoms. The van der Waals surface area contributed by atoms with Crippen LogP contribution in [0, 0.1) is 6.92 Å². The molecule has 0 bridgehead atoms. The quantitative estimate of drug-likeness (QED) is 0.937. The minimum atomic E-state index is -0.0939. The molecule has 0 radical (unpaired) electrons. The molecule has 2 aromatic rings. The van der Waals surface area contributed by atoms with E-state index >= 15 is 0 Å². The zero-order valence-corrected chi connectivity index (χ0v) is 12.9. The lowest BCUT2D eigenvalue weighted by atomic mass is 9.94. The number of nitrogens with one attached hydrogen (secondary N) is 1. The number of amides is 1. The molecule has 1 N–H and O–H groups in total. The number of hydrogen-bond acceptors (Lipinski definition) is 4. The topological polar surface area (TPSA) is 68.0 Å². The Bertz CT molecular complexity index is 626. The molecule has 0 aliphatic carbocycles. The summed E-state index contributed by atoms with van der Waals surface area (Å²) in [6, 6.07) is 5.52. The Hall–Kier alpha value is -2.17. The molecule has 0 aromatic carbocycles. The summed E-state index contributed by atoms with van der Waals surface area (Å²) < 4.78 is 5.66. The van der Waals surface area contributed by atoms with Gasteiger partial charge in [0.25, 0.3) is 0 Å². The van der Waals surface area contributed by atoms with E-state index in [9.17, 15) is 4.79 Å². The van der Waals surface area contributed by atoms with E-state index < -0.39 is 0 Å². The maximum Gasteiger partial charge on any atom is 0.226 e. The summed E-state index contributed by atoms with van der Waals surface area (Å²) in [5.74, 6) is 1.90. The van der Waals surface area contributed by atoms with Crippen LogP contribution >= 0.6 is 0 Å². The summed E-state index contributed by atoms with van der Waals surface area (Å²) >= 11 is 0. The zero-order chi connectivity index (χ0) is 15.5. The minimum Gasteiger partial charge on any atom is -0.445 e. The monoisotopic (exact) mass is 287 g/mol. The van der Waals surface area contributed by atoms with Crippen molar-refractivity contribution in [2.24, 2.45) is 0 Å². The van der Waals surface area contributed by atoms with Crippen LogP contribution in [0.3, 0.4) is 0 Å². The van der Waals surface area contributed by atoms with E-state index in [1.807, 2.05) is 19.1 Å². The second kappa shape index (κ2) is 6.08. The third-order valence-electron chi connectivity index (χ3n) is 3.01. The average molecular weight is 287 g/mol. The van der Waals surface area contributed by atoms with E-state index in [2.05, 4.69) is 36.1 Å². The molecule has 0 aliphatic rings. The van der Waals surface area contributed by atoms with E-state index in [0.717, 1.165) is 11.5 Å². The van der Waals surface area contributed by atoms with E-state index in [0.29, 0.717) is 24.6 Å². The molecular formula is C16H21N3O2. The van der Waals surface area contributed by atoms with Gasteiger partial charge in [-0.1, -0.05) is 26.8 Å². The standard InChI is InChI=1S/C16H21N3O2/c1-11-6-5-7-13(18-11)19-14(20)8-9-15-17-10-12(21-15)16(2,3)4/h5-7,10H,8-9H2,1-4H3,(H,18,19,20). The highest BCUT2D eigenvalue weighted by molar-refractivity contribution is 5.89. The summed E-state index contributed by atoms with van der Waals surface area (Å²) in [7, 11) is 0. The molecular weight excluding hydrogens is 266 g/mol. The van der Waals surface area contributed by atoms with Gasteiger partial charge in [-0.05, 0) is 19.1 Å². The van der Waals surface area contributed by atoms with Gasteiger partial charge in [0.2, 0.25) is 5.91 Å². The Labute approximate surface area is 124 Å². The first kappa shape index (κ1) is 15.2. The number of carbonyl (C=O) groups is 1. The van der Waals surface area contributed by atoms with E-state index in [4.69, 9.17) is 4.42 Å². The van der Waals surface area contributed by atoms with Crippen molar-refractivity contribution in [2.45, 2.75) is 46.0 Å². The molecule has 0 fully saturated rings. The highest BCUT2D eigenvalue weighted by Crippen LogP contribution is 2.23. The third-order valence-corrected chi connectivity index (χ3v) is 3.01. The largest absolute Gasteiger partial charge is 0.445 e. The van der Waals surface area contributed by atoms with Gasteiger partial charge < -0.3 is 9.73 Å². The fraction of sp³-hybridized carbons (Fsp3) is 0.438.